The molecule has 9 heteroatoms. The van der Waals surface area contributed by atoms with Crippen LogP contribution in [0.1, 0.15) is 33.6 Å². The van der Waals surface area contributed by atoms with Crippen molar-refractivity contribution in [3.8, 4) is 0 Å². The normalized spacial score (nSPS) is 12.1. The van der Waals surface area contributed by atoms with Gasteiger partial charge in [0, 0.05) is 12.0 Å². The van der Waals surface area contributed by atoms with E-state index >= 15 is 0 Å². The van der Waals surface area contributed by atoms with Gasteiger partial charge in [0.15, 0.2) is 0 Å². The van der Waals surface area contributed by atoms with Gasteiger partial charge in [-0.1, -0.05) is 0 Å². The summed E-state index contributed by atoms with van der Waals surface area (Å²) >= 11 is 0. The van der Waals surface area contributed by atoms with Crippen molar-refractivity contribution in [3.05, 3.63) is 0 Å². The van der Waals surface area contributed by atoms with Crippen LogP contribution in [0.4, 0.5) is 4.79 Å². The molecule has 120 valence electrons. The average molecular weight is 303 g/mol. The van der Waals surface area contributed by atoms with E-state index in [0.717, 1.165) is 0 Å². The van der Waals surface area contributed by atoms with Crippen LogP contribution in [-0.4, -0.2) is 52.2 Å². The highest BCUT2D eigenvalue weighted by Gasteiger charge is 2.21. The Morgan fingerprint density at radius 3 is 2.10 bits per heavy atom. The quantitative estimate of drug-likeness (QED) is 0.429. The number of amides is 3. The first-order valence-electron chi connectivity index (χ1n) is 6.31. The molecule has 1 atom stereocenters. The first-order valence-corrected chi connectivity index (χ1v) is 6.31. The van der Waals surface area contributed by atoms with Crippen molar-refractivity contribution in [1.82, 2.24) is 16.0 Å². The summed E-state index contributed by atoms with van der Waals surface area (Å²) < 4.78 is 0. The highest BCUT2D eigenvalue weighted by atomic mass is 16.4. The van der Waals surface area contributed by atoms with E-state index < -0.39 is 35.5 Å². The summed E-state index contributed by atoms with van der Waals surface area (Å²) in [6.45, 7) is 5.01. The number of hydrogen-bond donors (Lipinski definition) is 5. The summed E-state index contributed by atoms with van der Waals surface area (Å²) in [7, 11) is 0. The maximum absolute atomic E-state index is 11.5. The van der Waals surface area contributed by atoms with Gasteiger partial charge in [-0.3, -0.25) is 9.59 Å². The molecule has 5 N–H and O–H groups in total. The van der Waals surface area contributed by atoms with Crippen LogP contribution in [0.2, 0.25) is 0 Å². The number of carboxylic acids is 2. The maximum Gasteiger partial charge on any atom is 0.326 e. The molecule has 0 spiro atoms. The van der Waals surface area contributed by atoms with Crippen molar-refractivity contribution in [2.75, 3.05) is 6.54 Å². The minimum absolute atomic E-state index is 0.244. The fourth-order valence-corrected chi connectivity index (χ4v) is 1.36. The lowest BCUT2D eigenvalue weighted by Crippen LogP contribution is -2.50. The van der Waals surface area contributed by atoms with Crippen LogP contribution >= 0.6 is 0 Å². The van der Waals surface area contributed by atoms with Crippen molar-refractivity contribution >= 4 is 23.9 Å². The van der Waals surface area contributed by atoms with Gasteiger partial charge in [0.1, 0.15) is 6.04 Å². The third-order valence-corrected chi connectivity index (χ3v) is 2.17. The predicted molar refractivity (Wildman–Crippen MR) is 72.7 cm³/mol. The third kappa shape index (κ3) is 10.2. The Bertz CT molecular complexity index is 416. The predicted octanol–water partition coefficient (Wildman–Crippen LogP) is -0.482. The van der Waals surface area contributed by atoms with Gasteiger partial charge in [0.05, 0.1) is 6.54 Å². The molecule has 0 fully saturated rings. The lowest BCUT2D eigenvalue weighted by atomic mass is 10.1. The highest BCUT2D eigenvalue weighted by Crippen LogP contribution is 1.98. The van der Waals surface area contributed by atoms with E-state index in [0.29, 0.717) is 0 Å². The molecule has 0 heterocycles. The van der Waals surface area contributed by atoms with Crippen molar-refractivity contribution in [2.24, 2.45) is 0 Å². The minimum Gasteiger partial charge on any atom is -0.481 e. The summed E-state index contributed by atoms with van der Waals surface area (Å²) in [5.74, 6) is -2.92. The van der Waals surface area contributed by atoms with E-state index in [-0.39, 0.29) is 19.4 Å². The smallest absolute Gasteiger partial charge is 0.326 e. The summed E-state index contributed by atoms with van der Waals surface area (Å²) in [4.78, 5) is 44.2. The van der Waals surface area contributed by atoms with Gasteiger partial charge in [-0.25, -0.2) is 9.59 Å². The van der Waals surface area contributed by atoms with Crippen molar-refractivity contribution in [3.63, 3.8) is 0 Å². The number of nitrogens with one attached hydrogen (secondary N) is 3. The first kappa shape index (κ1) is 18.7. The largest absolute Gasteiger partial charge is 0.481 e. The van der Waals surface area contributed by atoms with Gasteiger partial charge in [0.2, 0.25) is 5.91 Å². The summed E-state index contributed by atoms with van der Waals surface area (Å²) in [5, 5.41) is 24.3. The van der Waals surface area contributed by atoms with E-state index in [9.17, 15) is 19.2 Å². The molecule has 0 saturated heterocycles. The molecule has 0 bridgehead atoms. The van der Waals surface area contributed by atoms with Gasteiger partial charge in [-0.2, -0.15) is 0 Å². The number of urea groups is 1. The molecule has 0 aromatic heterocycles. The lowest BCUT2D eigenvalue weighted by molar-refractivity contribution is -0.140. The van der Waals surface area contributed by atoms with Crippen LogP contribution in [0.3, 0.4) is 0 Å². The standard InChI is InChI=1S/C12H21N3O6/c1-12(2,3)15-8(16)6-13-11(21)14-7(10(19)20)4-5-9(17)18/h7H,4-6H2,1-3H3,(H,15,16)(H,17,18)(H,19,20)(H2,13,14,21). The van der Waals surface area contributed by atoms with Gasteiger partial charge in [0.25, 0.3) is 0 Å². The molecule has 0 rings (SSSR count). The first-order chi connectivity index (χ1) is 9.51. The average Bonchev–Trinajstić information content (AvgIpc) is 2.29. The van der Waals surface area contributed by atoms with Crippen molar-refractivity contribution in [2.45, 2.75) is 45.2 Å². The molecule has 0 aliphatic carbocycles. The van der Waals surface area contributed by atoms with E-state index in [1.807, 2.05) is 0 Å². The number of carbonyl (C=O) groups is 4. The van der Waals surface area contributed by atoms with Crippen LogP contribution in [-0.2, 0) is 14.4 Å². The number of carbonyl (C=O) groups excluding carboxylic acids is 2. The summed E-state index contributed by atoms with van der Waals surface area (Å²) in [5.41, 5.74) is -0.444. The Morgan fingerprint density at radius 1 is 1.10 bits per heavy atom. The Balaban J connectivity index is 4.23. The molecule has 1 unspecified atom stereocenters. The molecule has 0 radical (unpaired) electrons. The monoisotopic (exact) mass is 303 g/mol. The van der Waals surface area contributed by atoms with Gasteiger partial charge >= 0.3 is 18.0 Å². The Hall–Kier alpha value is -2.32. The topological polar surface area (TPSA) is 145 Å². The molecule has 0 aromatic carbocycles. The summed E-state index contributed by atoms with van der Waals surface area (Å²) in [6, 6.07) is -2.18. The fourth-order valence-electron chi connectivity index (χ4n) is 1.36. The lowest BCUT2D eigenvalue weighted by Gasteiger charge is -2.21. The zero-order valence-electron chi connectivity index (χ0n) is 12.2. The molecule has 0 aliphatic rings. The molecular formula is C12H21N3O6. The molecule has 0 aromatic rings. The second kappa shape index (κ2) is 8.08. The van der Waals surface area contributed by atoms with E-state index in [1.54, 1.807) is 20.8 Å². The zero-order chi connectivity index (χ0) is 16.6. The van der Waals surface area contributed by atoms with Crippen molar-refractivity contribution < 1.29 is 29.4 Å². The summed E-state index contributed by atoms with van der Waals surface area (Å²) in [6.07, 6.45) is -0.631. The molecule has 0 aliphatic heterocycles. The van der Waals surface area contributed by atoms with Crippen molar-refractivity contribution in [1.29, 1.82) is 0 Å². The van der Waals surface area contributed by atoms with Crippen LogP contribution in [0.25, 0.3) is 0 Å². The van der Waals surface area contributed by atoms with Crippen LogP contribution in [0.15, 0.2) is 0 Å². The van der Waals surface area contributed by atoms with E-state index in [1.165, 1.54) is 0 Å². The number of carboxylic acid groups (broad SMARTS) is 2. The number of aliphatic carboxylic acids is 2. The van der Waals surface area contributed by atoms with Crippen LogP contribution in [0, 0.1) is 0 Å². The van der Waals surface area contributed by atoms with Gasteiger partial charge in [-0.05, 0) is 27.2 Å². The maximum atomic E-state index is 11.5. The zero-order valence-corrected chi connectivity index (χ0v) is 12.2. The van der Waals surface area contributed by atoms with E-state index in [2.05, 4.69) is 16.0 Å². The Kier molecular flexibility index (Phi) is 7.18. The Morgan fingerprint density at radius 2 is 1.67 bits per heavy atom. The molecule has 9 nitrogen and oxygen atoms in total. The molecule has 3 amide bonds. The fraction of sp³-hybridized carbons (Fsp3) is 0.667. The van der Waals surface area contributed by atoms with Crippen LogP contribution < -0.4 is 16.0 Å². The molecular weight excluding hydrogens is 282 g/mol. The second-order valence-electron chi connectivity index (χ2n) is 5.45. The van der Waals surface area contributed by atoms with Crippen LogP contribution in [0.5, 0.6) is 0 Å². The van der Waals surface area contributed by atoms with Gasteiger partial charge in [-0.15, -0.1) is 0 Å². The molecule has 21 heavy (non-hydrogen) atoms. The second-order valence-corrected chi connectivity index (χ2v) is 5.45. The number of hydrogen-bond acceptors (Lipinski definition) is 4. The Labute approximate surface area is 122 Å². The molecule has 0 saturated carbocycles. The van der Waals surface area contributed by atoms with E-state index in [4.69, 9.17) is 10.2 Å². The number of rotatable bonds is 7. The SMILES string of the molecule is CC(C)(C)NC(=O)CNC(=O)NC(CCC(=O)O)C(=O)O. The van der Waals surface area contributed by atoms with Gasteiger partial charge < -0.3 is 26.2 Å². The highest BCUT2D eigenvalue weighted by molar-refractivity contribution is 5.87. The minimum atomic E-state index is -1.34. The third-order valence-electron chi connectivity index (χ3n) is 2.17.